The molecule has 7 nitrogen and oxygen atoms in total. The number of nitrogens with zero attached hydrogens (tertiary/aromatic N) is 3. The van der Waals surface area contributed by atoms with Gasteiger partial charge < -0.3 is 18.9 Å². The van der Waals surface area contributed by atoms with Crippen LogP contribution < -0.4 is 9.47 Å². The van der Waals surface area contributed by atoms with Crippen molar-refractivity contribution >= 4 is 0 Å². The molecule has 0 saturated heterocycles. The molecular weight excluding hydrogens is 586 g/mol. The molecule has 0 radical (unpaired) electrons. The lowest BCUT2D eigenvalue weighted by atomic mass is 9.78. The molecule has 7 aliphatic rings. The molecule has 10 heterocycles. The van der Waals surface area contributed by atoms with E-state index >= 15 is 0 Å². The van der Waals surface area contributed by atoms with Crippen molar-refractivity contribution in [1.29, 1.82) is 0 Å². The van der Waals surface area contributed by atoms with Crippen molar-refractivity contribution in [3.05, 3.63) is 126 Å². The Bertz CT molecular complexity index is 1560. The van der Waals surface area contributed by atoms with E-state index in [0.717, 1.165) is 60.0 Å². The number of aromatic nitrogens is 3. The van der Waals surface area contributed by atoms with E-state index in [4.69, 9.17) is 33.9 Å². The molecule has 47 heavy (non-hydrogen) atoms. The Balaban J connectivity index is 1.10. The van der Waals surface area contributed by atoms with Gasteiger partial charge in [-0.15, -0.1) is 0 Å². The first-order valence-electron chi connectivity index (χ1n) is 16.5. The van der Waals surface area contributed by atoms with Gasteiger partial charge in [-0.2, -0.15) is 0 Å². The molecule has 0 unspecified atom stereocenters. The molecule has 0 fully saturated rings. The van der Waals surface area contributed by atoms with Gasteiger partial charge >= 0.3 is 0 Å². The Morgan fingerprint density at radius 3 is 1.38 bits per heavy atom. The Hall–Kier alpha value is -4.59. The summed E-state index contributed by atoms with van der Waals surface area (Å²) in [4.78, 5) is 14.2. The van der Waals surface area contributed by atoms with E-state index in [1.807, 2.05) is 67.0 Å². The largest absolute Gasteiger partial charge is 0.491 e. The van der Waals surface area contributed by atoms with Crippen LogP contribution in [-0.4, -0.2) is 54.6 Å². The smallest absolute Gasteiger partial charge is 0.119 e. The molecule has 2 aromatic carbocycles. The van der Waals surface area contributed by atoms with Crippen molar-refractivity contribution in [2.24, 2.45) is 0 Å². The number of ether oxygens (including phenoxy) is 4. The summed E-state index contributed by atoms with van der Waals surface area (Å²) in [5.74, 6) is 1.69. The van der Waals surface area contributed by atoms with E-state index in [1.54, 1.807) is 0 Å². The normalized spacial score (nSPS) is 16.2. The fourth-order valence-electron chi connectivity index (χ4n) is 5.67. The zero-order chi connectivity index (χ0) is 32.3. The van der Waals surface area contributed by atoms with Gasteiger partial charge in [0.25, 0.3) is 0 Å². The minimum absolute atomic E-state index is 0.159. The lowest BCUT2D eigenvalue weighted by Crippen LogP contribution is -2.18. The van der Waals surface area contributed by atoms with Crippen LogP contribution in [0.25, 0.3) is 22.8 Å². The fraction of sp³-hybridized carbons (Fsp3) is 0.325. The van der Waals surface area contributed by atoms with Gasteiger partial charge in [-0.05, 0) is 96.5 Å². The van der Waals surface area contributed by atoms with Crippen LogP contribution in [0.3, 0.4) is 0 Å². The van der Waals surface area contributed by atoms with Crippen molar-refractivity contribution in [3.8, 4) is 34.3 Å². The van der Waals surface area contributed by atoms with Crippen molar-refractivity contribution in [3.63, 3.8) is 0 Å². The minimum Gasteiger partial charge on any atom is -0.491 e. The molecule has 3 aromatic heterocycles. The minimum atomic E-state index is -0.159. The van der Waals surface area contributed by atoms with E-state index in [-0.39, 0.29) is 5.41 Å². The van der Waals surface area contributed by atoms with Crippen molar-refractivity contribution in [2.75, 3.05) is 39.6 Å². The zero-order valence-electron chi connectivity index (χ0n) is 27.4. The van der Waals surface area contributed by atoms with E-state index < -0.39 is 0 Å². The number of benzene rings is 2. The van der Waals surface area contributed by atoms with E-state index in [1.165, 1.54) is 22.3 Å². The van der Waals surface area contributed by atoms with Crippen LogP contribution in [0.4, 0.5) is 0 Å². The summed E-state index contributed by atoms with van der Waals surface area (Å²) in [7, 11) is 0. The summed E-state index contributed by atoms with van der Waals surface area (Å²) in [6.45, 7) is 7.93. The van der Waals surface area contributed by atoms with Gasteiger partial charge in [-0.25, -0.2) is 4.98 Å². The number of pyridine rings is 3. The monoisotopic (exact) mass is 629 g/mol. The van der Waals surface area contributed by atoms with Crippen LogP contribution in [-0.2, 0) is 27.7 Å². The van der Waals surface area contributed by atoms with Crippen LogP contribution in [0.2, 0.25) is 0 Å². The first-order chi connectivity index (χ1) is 23.0. The Morgan fingerprint density at radius 2 is 0.957 bits per heavy atom. The zero-order valence-corrected chi connectivity index (χ0v) is 27.4. The van der Waals surface area contributed by atoms with E-state index in [9.17, 15) is 0 Å². The first kappa shape index (κ1) is 32.4. The van der Waals surface area contributed by atoms with Gasteiger partial charge in [0, 0.05) is 31.0 Å². The molecule has 0 spiro atoms. The molecule has 0 saturated carbocycles. The molecule has 242 valence electrons. The summed E-state index contributed by atoms with van der Waals surface area (Å²) in [6.07, 6.45) is 7.50. The predicted molar refractivity (Wildman–Crippen MR) is 185 cm³/mol. The molecule has 0 atom stereocenters. The van der Waals surface area contributed by atoms with E-state index in [2.05, 4.69) is 50.2 Å². The summed E-state index contributed by atoms with van der Waals surface area (Å²) in [6, 6.07) is 31.0. The lowest BCUT2D eigenvalue weighted by molar-refractivity contribution is 0.0985. The van der Waals surface area contributed by atoms with E-state index in [0.29, 0.717) is 39.6 Å². The average Bonchev–Trinajstić information content (AvgIpc) is 3.11. The fourth-order valence-corrected chi connectivity index (χ4v) is 5.67. The highest BCUT2D eigenvalue weighted by Crippen LogP contribution is 2.33. The molecule has 7 aliphatic heterocycles. The number of aryl methyl sites for hydroxylation is 2. The van der Waals surface area contributed by atoms with Crippen LogP contribution in [0.15, 0.2) is 103 Å². The maximum Gasteiger partial charge on any atom is 0.119 e. The van der Waals surface area contributed by atoms with Crippen molar-refractivity contribution in [2.45, 2.75) is 44.9 Å². The van der Waals surface area contributed by atoms with Crippen LogP contribution in [0, 0.1) is 0 Å². The van der Waals surface area contributed by atoms with Crippen LogP contribution >= 0.6 is 0 Å². The number of hydrogen-bond acceptors (Lipinski definition) is 7. The second kappa shape index (κ2) is 15.8. The maximum atomic E-state index is 5.94. The standard InChI is InChI=1S/C40H43N3O4/c1-40(2)32-12-16-34(17-13-32)46-26-24-44-22-4-6-30-10-20-36(41-28-30)38-8-3-9-39(43-38)37-21-11-31(29-42-37)7-5-23-45-25-27-47-35-18-14-33(40)15-19-35/h3,8-21,28-29H,4-7,22-27H2,1-2H3. The summed E-state index contributed by atoms with van der Waals surface area (Å²) in [5, 5.41) is 0. The van der Waals surface area contributed by atoms with Crippen molar-refractivity contribution in [1.82, 2.24) is 15.0 Å². The predicted octanol–water partition coefficient (Wildman–Crippen LogP) is 7.90. The Morgan fingerprint density at radius 1 is 0.489 bits per heavy atom. The highest BCUT2D eigenvalue weighted by molar-refractivity contribution is 5.61. The third-order valence-electron chi connectivity index (χ3n) is 8.58. The maximum absolute atomic E-state index is 5.94. The van der Waals surface area contributed by atoms with Crippen molar-refractivity contribution < 1.29 is 18.9 Å². The van der Waals surface area contributed by atoms with Gasteiger partial charge in [0.1, 0.15) is 24.7 Å². The molecule has 0 aliphatic carbocycles. The Labute approximate surface area is 278 Å². The van der Waals surface area contributed by atoms with Crippen LogP contribution in [0.1, 0.15) is 48.9 Å². The third-order valence-corrected chi connectivity index (χ3v) is 8.58. The summed E-state index contributed by atoms with van der Waals surface area (Å²) in [5.41, 5.74) is 7.99. The summed E-state index contributed by atoms with van der Waals surface area (Å²) >= 11 is 0. The van der Waals surface area contributed by atoms with Gasteiger partial charge in [0.2, 0.25) is 0 Å². The molecule has 12 rings (SSSR count). The molecule has 10 bridgehead atoms. The Kier molecular flexibility index (Phi) is 10.9. The molecule has 0 N–H and O–H groups in total. The summed E-state index contributed by atoms with van der Waals surface area (Å²) < 4.78 is 23.6. The molecule has 5 aromatic rings. The SMILES string of the molecule is CC1(C)c2ccc(cc2)OCCOCCCc2ccc(nc2)-c2cccc(n2)-c2ccc(cn2)CCCOCCOc2ccc1cc2. The number of hydrogen-bond donors (Lipinski definition) is 0. The van der Waals surface area contributed by atoms with Gasteiger partial charge in [-0.3, -0.25) is 9.97 Å². The highest BCUT2D eigenvalue weighted by atomic mass is 16.5. The average molecular weight is 630 g/mol. The van der Waals surface area contributed by atoms with Crippen LogP contribution in [0.5, 0.6) is 11.5 Å². The second-order valence-corrected chi connectivity index (χ2v) is 12.3. The van der Waals surface area contributed by atoms with Gasteiger partial charge in [0.15, 0.2) is 0 Å². The quantitative estimate of drug-likeness (QED) is 0.172. The molecule has 7 heteroatoms. The topological polar surface area (TPSA) is 75.6 Å². The lowest BCUT2D eigenvalue weighted by Gasteiger charge is -2.26. The molecule has 0 amide bonds. The van der Waals surface area contributed by atoms with Gasteiger partial charge in [0.05, 0.1) is 36.0 Å². The van der Waals surface area contributed by atoms with Gasteiger partial charge in [-0.1, -0.05) is 56.3 Å². The first-order valence-corrected chi connectivity index (χ1v) is 16.5. The molecular formula is C40H43N3O4. The third kappa shape index (κ3) is 8.82. The second-order valence-electron chi connectivity index (χ2n) is 12.3. The highest BCUT2D eigenvalue weighted by Gasteiger charge is 2.23. The number of rotatable bonds is 0.